The Hall–Kier alpha value is -2.28. The van der Waals surface area contributed by atoms with Crippen molar-refractivity contribution in [2.24, 2.45) is 7.05 Å². The highest BCUT2D eigenvalue weighted by Gasteiger charge is 2.31. The number of aromatic nitrogens is 4. The van der Waals surface area contributed by atoms with E-state index >= 15 is 0 Å². The summed E-state index contributed by atoms with van der Waals surface area (Å²) >= 11 is 0. The van der Waals surface area contributed by atoms with Gasteiger partial charge in [-0.25, -0.2) is 9.97 Å². The number of carbonyl (C=O) groups excluding carboxylic acids is 1. The first-order valence-corrected chi connectivity index (χ1v) is 9.33. The smallest absolute Gasteiger partial charge is 0.269 e. The highest BCUT2D eigenvalue weighted by molar-refractivity contribution is 5.94. The molecule has 1 fully saturated rings. The highest BCUT2D eigenvalue weighted by Crippen LogP contribution is 2.37. The van der Waals surface area contributed by atoms with Crippen LogP contribution in [-0.4, -0.2) is 38.3 Å². The molecule has 3 heterocycles. The van der Waals surface area contributed by atoms with Crippen LogP contribution in [0.1, 0.15) is 71.8 Å². The van der Waals surface area contributed by atoms with Crippen LogP contribution < -0.4 is 5.32 Å². The number of hydrogen-bond donors (Lipinski definition) is 1. The molecule has 2 atom stereocenters. The first-order valence-electron chi connectivity index (χ1n) is 9.33. The van der Waals surface area contributed by atoms with E-state index in [1.54, 1.807) is 4.68 Å². The zero-order valence-electron chi connectivity index (χ0n) is 15.5. The van der Waals surface area contributed by atoms with Crippen LogP contribution in [0.2, 0.25) is 0 Å². The Kier molecular flexibility index (Phi) is 4.48. The number of carbonyl (C=O) groups is 1. The third-order valence-electron chi connectivity index (χ3n) is 5.07. The van der Waals surface area contributed by atoms with Gasteiger partial charge in [0.15, 0.2) is 0 Å². The lowest BCUT2D eigenvalue weighted by Gasteiger charge is -2.24. The third-order valence-corrected chi connectivity index (χ3v) is 5.07. The summed E-state index contributed by atoms with van der Waals surface area (Å²) in [7, 11) is 1.81. The summed E-state index contributed by atoms with van der Waals surface area (Å²) in [5.41, 5.74) is 3.56. The number of rotatable bonds is 5. The van der Waals surface area contributed by atoms with E-state index in [1.165, 1.54) is 12.8 Å². The molecule has 2 aliphatic rings. The number of nitrogens with one attached hydrogen (secondary N) is 1. The molecule has 1 N–H and O–H groups in total. The second kappa shape index (κ2) is 6.79. The molecule has 1 aliphatic heterocycles. The molecule has 1 amide bonds. The second-order valence-electron chi connectivity index (χ2n) is 7.36. The van der Waals surface area contributed by atoms with Crippen molar-refractivity contribution in [2.45, 2.75) is 57.7 Å². The summed E-state index contributed by atoms with van der Waals surface area (Å²) in [5.74, 6) is 1.43. The topological polar surface area (TPSA) is 81.9 Å². The molecule has 26 heavy (non-hydrogen) atoms. The van der Waals surface area contributed by atoms with Crippen LogP contribution in [0.15, 0.2) is 12.4 Å². The van der Waals surface area contributed by atoms with Crippen molar-refractivity contribution >= 4 is 5.91 Å². The molecule has 2 aromatic rings. The zero-order valence-corrected chi connectivity index (χ0v) is 15.5. The molecule has 4 rings (SSSR count). The van der Waals surface area contributed by atoms with Gasteiger partial charge in [0.1, 0.15) is 11.5 Å². The van der Waals surface area contributed by atoms with Gasteiger partial charge in [0.05, 0.1) is 17.9 Å². The fourth-order valence-electron chi connectivity index (χ4n) is 3.60. The highest BCUT2D eigenvalue weighted by atomic mass is 16.5. The predicted octanol–water partition coefficient (Wildman–Crippen LogP) is 2.08. The predicted molar refractivity (Wildman–Crippen MR) is 95.9 cm³/mol. The van der Waals surface area contributed by atoms with Gasteiger partial charge >= 0.3 is 0 Å². The molecule has 7 nitrogen and oxygen atoms in total. The molecule has 138 valence electrons. The molecule has 1 aliphatic carbocycles. The number of fused-ring (bicyclic) bond motifs is 1. The van der Waals surface area contributed by atoms with E-state index < -0.39 is 0 Å². The van der Waals surface area contributed by atoms with Gasteiger partial charge in [0, 0.05) is 43.9 Å². The summed E-state index contributed by atoms with van der Waals surface area (Å²) < 4.78 is 7.48. The van der Waals surface area contributed by atoms with Crippen molar-refractivity contribution < 1.29 is 9.53 Å². The Balaban J connectivity index is 1.39. The summed E-state index contributed by atoms with van der Waals surface area (Å²) in [6.45, 7) is 4.56. The van der Waals surface area contributed by atoms with Crippen molar-refractivity contribution in [1.29, 1.82) is 0 Å². The first-order chi connectivity index (χ1) is 12.5. The van der Waals surface area contributed by atoms with Crippen LogP contribution >= 0.6 is 0 Å². The van der Waals surface area contributed by atoms with E-state index in [-0.39, 0.29) is 18.1 Å². The summed E-state index contributed by atoms with van der Waals surface area (Å²) in [5, 5.41) is 7.50. The molecule has 0 saturated heterocycles. The van der Waals surface area contributed by atoms with Crippen molar-refractivity contribution in [3.05, 3.63) is 40.7 Å². The van der Waals surface area contributed by atoms with Crippen LogP contribution in [0.25, 0.3) is 0 Å². The van der Waals surface area contributed by atoms with Gasteiger partial charge in [-0.1, -0.05) is 0 Å². The number of amides is 1. The maximum atomic E-state index is 12.7. The summed E-state index contributed by atoms with van der Waals surface area (Å²) in [6, 6.07) is 0. The van der Waals surface area contributed by atoms with E-state index in [0.29, 0.717) is 31.0 Å². The lowest BCUT2D eigenvalue weighted by molar-refractivity contribution is -0.00709. The van der Waals surface area contributed by atoms with Gasteiger partial charge in [0.2, 0.25) is 0 Å². The van der Waals surface area contributed by atoms with Crippen LogP contribution in [0.3, 0.4) is 0 Å². The Morgan fingerprint density at radius 3 is 2.73 bits per heavy atom. The van der Waals surface area contributed by atoms with E-state index in [2.05, 4.69) is 20.4 Å². The van der Waals surface area contributed by atoms with Gasteiger partial charge in [-0.2, -0.15) is 5.10 Å². The lowest BCUT2D eigenvalue weighted by atomic mass is 9.99. The van der Waals surface area contributed by atoms with Crippen molar-refractivity contribution in [1.82, 2.24) is 25.1 Å². The number of hydrogen-bond acceptors (Lipinski definition) is 5. The number of ether oxygens (including phenoxy) is 1. The second-order valence-corrected chi connectivity index (χ2v) is 7.36. The maximum Gasteiger partial charge on any atom is 0.269 e. The largest absolute Gasteiger partial charge is 0.369 e. The van der Waals surface area contributed by atoms with E-state index in [0.717, 1.165) is 22.6 Å². The summed E-state index contributed by atoms with van der Waals surface area (Å²) in [4.78, 5) is 21.6. The monoisotopic (exact) mass is 355 g/mol. The van der Waals surface area contributed by atoms with E-state index in [9.17, 15) is 4.79 Å². The average Bonchev–Trinajstić information content (AvgIpc) is 3.39. The molecular weight excluding hydrogens is 330 g/mol. The zero-order chi connectivity index (χ0) is 18.3. The van der Waals surface area contributed by atoms with Crippen molar-refractivity contribution in [3.8, 4) is 0 Å². The molecule has 7 heteroatoms. The normalized spacial score (nSPS) is 22.1. The standard InChI is InChI=1S/C19H25N5O2/c1-11-8-15-16(12(2)26-11)23-24(3)17(15)19(25)20-7-6-13-9-21-18(22-10-13)14-4-5-14/h9-12,14H,4-8H2,1-3H3,(H,20,25)/t11-,12+/m1/s1. The Morgan fingerprint density at radius 2 is 2.04 bits per heavy atom. The summed E-state index contributed by atoms with van der Waals surface area (Å²) in [6.07, 6.45) is 7.59. The Morgan fingerprint density at radius 1 is 1.31 bits per heavy atom. The van der Waals surface area contributed by atoms with Crippen LogP contribution in [0.4, 0.5) is 0 Å². The van der Waals surface area contributed by atoms with Crippen LogP contribution in [0.5, 0.6) is 0 Å². The number of aryl methyl sites for hydroxylation is 1. The Labute approximate surface area is 153 Å². The van der Waals surface area contributed by atoms with Crippen LogP contribution in [0, 0.1) is 0 Å². The average molecular weight is 355 g/mol. The minimum Gasteiger partial charge on any atom is -0.369 e. The molecule has 1 saturated carbocycles. The fourth-order valence-corrected chi connectivity index (χ4v) is 3.60. The number of nitrogens with zero attached hydrogens (tertiary/aromatic N) is 4. The lowest BCUT2D eigenvalue weighted by Crippen LogP contribution is -2.30. The molecule has 0 spiro atoms. The minimum atomic E-state index is -0.0851. The molecule has 0 radical (unpaired) electrons. The Bertz CT molecular complexity index is 810. The molecule has 0 bridgehead atoms. The van der Waals surface area contributed by atoms with E-state index in [4.69, 9.17) is 4.74 Å². The molecular formula is C19H25N5O2. The minimum absolute atomic E-state index is 0.0800. The SMILES string of the molecule is C[C@@H]1Cc2c(nn(C)c2C(=O)NCCc2cnc(C3CC3)nc2)[C@H](C)O1. The third kappa shape index (κ3) is 3.35. The van der Waals surface area contributed by atoms with E-state index in [1.807, 2.05) is 33.3 Å². The first kappa shape index (κ1) is 17.1. The van der Waals surface area contributed by atoms with Gasteiger partial charge in [-0.3, -0.25) is 9.48 Å². The molecule has 2 aromatic heterocycles. The van der Waals surface area contributed by atoms with Gasteiger partial charge < -0.3 is 10.1 Å². The molecule has 0 aromatic carbocycles. The van der Waals surface area contributed by atoms with Gasteiger partial charge in [0.25, 0.3) is 5.91 Å². The van der Waals surface area contributed by atoms with Crippen LogP contribution in [-0.2, 0) is 24.6 Å². The molecule has 0 unspecified atom stereocenters. The van der Waals surface area contributed by atoms with Crippen molar-refractivity contribution in [2.75, 3.05) is 6.54 Å². The van der Waals surface area contributed by atoms with Gasteiger partial charge in [-0.15, -0.1) is 0 Å². The van der Waals surface area contributed by atoms with Gasteiger partial charge in [-0.05, 0) is 38.7 Å². The quantitative estimate of drug-likeness (QED) is 0.888. The fraction of sp³-hybridized carbons (Fsp3) is 0.579. The van der Waals surface area contributed by atoms with Crippen molar-refractivity contribution in [3.63, 3.8) is 0 Å². The maximum absolute atomic E-state index is 12.7.